The summed E-state index contributed by atoms with van der Waals surface area (Å²) in [6.45, 7) is 6.00. The van der Waals surface area contributed by atoms with Crippen molar-refractivity contribution in [3.8, 4) is 0 Å². The molecule has 0 aromatic rings. The lowest BCUT2D eigenvalue weighted by molar-refractivity contribution is 0.285. The number of hydrogen-bond acceptors (Lipinski definition) is 0. The Morgan fingerprint density at radius 1 is 0.882 bits per heavy atom. The van der Waals surface area contributed by atoms with E-state index in [-0.39, 0.29) is 0 Å². The second kappa shape index (κ2) is 6.23. The van der Waals surface area contributed by atoms with E-state index in [9.17, 15) is 0 Å². The quantitative estimate of drug-likeness (QED) is 0.506. The molecule has 0 heterocycles. The van der Waals surface area contributed by atoms with Crippen molar-refractivity contribution in [1.29, 1.82) is 0 Å². The summed E-state index contributed by atoms with van der Waals surface area (Å²) in [6, 6.07) is 0. The molecule has 4 atom stereocenters. The Bertz CT molecular complexity index is 280. The lowest BCUT2D eigenvalue weighted by Gasteiger charge is -2.23. The van der Waals surface area contributed by atoms with E-state index >= 15 is 0 Å². The van der Waals surface area contributed by atoms with Gasteiger partial charge in [-0.2, -0.15) is 0 Å². The van der Waals surface area contributed by atoms with Gasteiger partial charge in [0, 0.05) is 0 Å². The Labute approximate surface area is 106 Å². The molecule has 0 nitrogen and oxygen atoms in total. The van der Waals surface area contributed by atoms with Crippen LogP contribution >= 0.6 is 0 Å². The van der Waals surface area contributed by atoms with E-state index in [1.807, 2.05) is 0 Å². The summed E-state index contributed by atoms with van der Waals surface area (Å²) in [4.78, 5) is 0. The van der Waals surface area contributed by atoms with Crippen LogP contribution in [0.2, 0.25) is 0 Å². The molecule has 4 aliphatic carbocycles. The Hall–Kier alpha value is -0.780. The van der Waals surface area contributed by atoms with Gasteiger partial charge in [0.2, 0.25) is 0 Å². The summed E-state index contributed by atoms with van der Waals surface area (Å²) in [5.74, 6) is 4.36. The van der Waals surface area contributed by atoms with Crippen LogP contribution in [0.15, 0.2) is 37.5 Å². The average Bonchev–Trinajstić information content (AvgIpc) is 3.16. The molecular formula is C17H26. The number of hydrogen-bond donors (Lipinski definition) is 0. The molecule has 0 radical (unpaired) electrons. The lowest BCUT2D eigenvalue weighted by atomic mass is 9.82. The van der Waals surface area contributed by atoms with Crippen molar-refractivity contribution < 1.29 is 0 Å². The lowest BCUT2D eigenvalue weighted by Crippen LogP contribution is -2.16. The third kappa shape index (κ3) is 2.73. The van der Waals surface area contributed by atoms with Gasteiger partial charge in [-0.25, -0.2) is 0 Å². The van der Waals surface area contributed by atoms with Crippen molar-refractivity contribution in [2.45, 2.75) is 44.9 Å². The fraction of sp³-hybridized carbons (Fsp3) is 0.647. The predicted molar refractivity (Wildman–Crippen MR) is 75.8 cm³/mol. The summed E-state index contributed by atoms with van der Waals surface area (Å²) < 4.78 is 0. The van der Waals surface area contributed by atoms with Gasteiger partial charge in [-0.3, -0.25) is 0 Å². The minimum Gasteiger partial charge on any atom is -0.106 e. The molecule has 0 N–H and O–H groups in total. The van der Waals surface area contributed by atoms with Gasteiger partial charge >= 0.3 is 0 Å². The molecular weight excluding hydrogens is 204 g/mol. The topological polar surface area (TPSA) is 0 Å². The SMILES string of the molecule is C1=CC2C3CCC(C3)C2C1.C1=CCCC1.C=C. The highest BCUT2D eigenvalue weighted by Crippen LogP contribution is 2.56. The van der Waals surface area contributed by atoms with Crippen LogP contribution in [-0.4, -0.2) is 0 Å². The van der Waals surface area contributed by atoms with Gasteiger partial charge in [-0.05, 0) is 68.6 Å². The molecule has 0 spiro atoms. The van der Waals surface area contributed by atoms with Crippen molar-refractivity contribution in [2.24, 2.45) is 23.7 Å². The molecule has 0 saturated heterocycles. The summed E-state index contributed by atoms with van der Waals surface area (Å²) in [6.07, 6.45) is 19.5. The van der Waals surface area contributed by atoms with Crippen molar-refractivity contribution in [2.75, 3.05) is 0 Å². The highest BCUT2D eigenvalue weighted by Gasteiger charge is 2.47. The zero-order chi connectivity index (χ0) is 12.1. The smallest absolute Gasteiger partial charge is 0.0171 e. The fourth-order valence-electron chi connectivity index (χ4n) is 4.09. The minimum atomic E-state index is 1.03. The van der Waals surface area contributed by atoms with Crippen LogP contribution in [-0.2, 0) is 0 Å². The zero-order valence-corrected chi connectivity index (χ0v) is 11.0. The first-order valence-corrected chi connectivity index (χ1v) is 7.27. The molecule has 2 saturated carbocycles. The molecule has 0 heteroatoms. The van der Waals surface area contributed by atoms with Gasteiger partial charge < -0.3 is 0 Å². The van der Waals surface area contributed by atoms with E-state index in [1.54, 1.807) is 12.8 Å². The number of fused-ring (bicyclic) bond motifs is 5. The number of allylic oxidation sites excluding steroid dienone is 4. The van der Waals surface area contributed by atoms with Crippen LogP contribution in [0.1, 0.15) is 44.9 Å². The van der Waals surface area contributed by atoms with Gasteiger partial charge in [-0.15, -0.1) is 13.2 Å². The number of rotatable bonds is 0. The van der Waals surface area contributed by atoms with Gasteiger partial charge in [0.05, 0.1) is 0 Å². The first-order chi connectivity index (χ1) is 8.45. The van der Waals surface area contributed by atoms with E-state index in [0.29, 0.717) is 0 Å². The van der Waals surface area contributed by atoms with E-state index in [0.717, 1.165) is 23.7 Å². The van der Waals surface area contributed by atoms with E-state index < -0.39 is 0 Å². The van der Waals surface area contributed by atoms with Crippen LogP contribution in [0, 0.1) is 23.7 Å². The third-order valence-electron chi connectivity index (χ3n) is 4.83. The van der Waals surface area contributed by atoms with Crippen LogP contribution in [0.3, 0.4) is 0 Å². The molecule has 94 valence electrons. The predicted octanol–water partition coefficient (Wildman–Crippen LogP) is 5.14. The Morgan fingerprint density at radius 2 is 1.59 bits per heavy atom. The maximum Gasteiger partial charge on any atom is -0.0171 e. The van der Waals surface area contributed by atoms with Gasteiger partial charge in [0.15, 0.2) is 0 Å². The first kappa shape index (κ1) is 12.7. The van der Waals surface area contributed by atoms with Gasteiger partial charge in [-0.1, -0.05) is 24.3 Å². The molecule has 2 bridgehead atoms. The molecule has 4 aliphatic rings. The van der Waals surface area contributed by atoms with Crippen LogP contribution in [0.25, 0.3) is 0 Å². The monoisotopic (exact) mass is 230 g/mol. The van der Waals surface area contributed by atoms with E-state index in [1.165, 1.54) is 32.1 Å². The second-order valence-electron chi connectivity index (χ2n) is 5.64. The maximum atomic E-state index is 3.00. The molecule has 0 aliphatic heterocycles. The largest absolute Gasteiger partial charge is 0.106 e. The maximum absolute atomic E-state index is 3.00. The normalized spacial score (nSPS) is 39.3. The average molecular weight is 230 g/mol. The molecule has 0 amide bonds. The molecule has 0 aromatic carbocycles. The van der Waals surface area contributed by atoms with Crippen molar-refractivity contribution in [3.05, 3.63) is 37.5 Å². The second-order valence-corrected chi connectivity index (χ2v) is 5.64. The first-order valence-electron chi connectivity index (χ1n) is 7.27. The Balaban J connectivity index is 0.000000132. The van der Waals surface area contributed by atoms with Gasteiger partial charge in [0.25, 0.3) is 0 Å². The fourth-order valence-corrected chi connectivity index (χ4v) is 4.09. The van der Waals surface area contributed by atoms with Crippen molar-refractivity contribution in [1.82, 2.24) is 0 Å². The highest BCUT2D eigenvalue weighted by atomic mass is 14.5. The standard InChI is InChI=1S/C10H14.C5H8.C2H4/c1-2-9-7-4-5-8(6-7)10(9)3-1;1-2-4-5-3-1;1-2/h1-2,7-10H,3-6H2;1-2H,3-5H2;1-2H2. The van der Waals surface area contributed by atoms with Crippen LogP contribution in [0.4, 0.5) is 0 Å². The zero-order valence-electron chi connectivity index (χ0n) is 11.0. The Morgan fingerprint density at radius 3 is 2.18 bits per heavy atom. The van der Waals surface area contributed by atoms with Crippen LogP contribution in [0.5, 0.6) is 0 Å². The van der Waals surface area contributed by atoms with E-state index in [4.69, 9.17) is 0 Å². The molecule has 17 heavy (non-hydrogen) atoms. The summed E-state index contributed by atoms with van der Waals surface area (Å²) in [7, 11) is 0. The highest BCUT2D eigenvalue weighted by molar-refractivity contribution is 5.11. The van der Waals surface area contributed by atoms with Gasteiger partial charge in [0.1, 0.15) is 0 Å². The molecule has 0 aromatic heterocycles. The van der Waals surface area contributed by atoms with Crippen LogP contribution < -0.4 is 0 Å². The summed E-state index contributed by atoms with van der Waals surface area (Å²) >= 11 is 0. The summed E-state index contributed by atoms with van der Waals surface area (Å²) in [5, 5.41) is 0. The Kier molecular flexibility index (Phi) is 4.65. The minimum absolute atomic E-state index is 1.03. The molecule has 4 rings (SSSR count). The molecule has 4 unspecified atom stereocenters. The van der Waals surface area contributed by atoms with Crippen molar-refractivity contribution in [3.63, 3.8) is 0 Å². The van der Waals surface area contributed by atoms with E-state index in [2.05, 4.69) is 37.5 Å². The summed E-state index contributed by atoms with van der Waals surface area (Å²) in [5.41, 5.74) is 0. The van der Waals surface area contributed by atoms with Crippen molar-refractivity contribution >= 4 is 0 Å². The molecule has 2 fully saturated rings. The third-order valence-corrected chi connectivity index (χ3v) is 4.83.